The van der Waals surface area contributed by atoms with Gasteiger partial charge in [-0.1, -0.05) is 24.3 Å². The van der Waals surface area contributed by atoms with Gasteiger partial charge in [0.2, 0.25) is 0 Å². The molecule has 25 heavy (non-hydrogen) atoms. The minimum Gasteiger partial charge on any atom is -0.392 e. The van der Waals surface area contributed by atoms with Crippen molar-refractivity contribution in [2.24, 2.45) is 0 Å². The lowest BCUT2D eigenvalue weighted by molar-refractivity contribution is -0.137. The molecule has 0 fully saturated rings. The van der Waals surface area contributed by atoms with Crippen molar-refractivity contribution in [3.05, 3.63) is 64.8 Å². The zero-order valence-corrected chi connectivity index (χ0v) is 12.9. The Bertz CT molecular complexity index is 919. The smallest absolute Gasteiger partial charge is 0.392 e. The molecule has 130 valence electrons. The minimum absolute atomic E-state index is 0.0998. The summed E-state index contributed by atoms with van der Waals surface area (Å²) in [5.74, 6) is -0.599. The van der Waals surface area contributed by atoms with Gasteiger partial charge in [-0.2, -0.15) is 18.3 Å². The van der Waals surface area contributed by atoms with Crippen LogP contribution in [0.25, 0.3) is 10.9 Å². The number of alkyl halides is 3. The number of nitrogens with zero attached hydrogens (tertiary/aromatic N) is 1. The first kappa shape index (κ1) is 17.0. The molecule has 1 aromatic heterocycles. The molecular formula is C17H14F3N3O2. The maximum atomic E-state index is 12.9. The Kier molecular flexibility index (Phi) is 4.45. The van der Waals surface area contributed by atoms with E-state index in [1.165, 1.54) is 6.07 Å². The van der Waals surface area contributed by atoms with E-state index in [0.717, 1.165) is 12.1 Å². The second kappa shape index (κ2) is 6.56. The van der Waals surface area contributed by atoms with Crippen molar-refractivity contribution >= 4 is 16.8 Å². The Morgan fingerprint density at radius 1 is 1.16 bits per heavy atom. The molecule has 0 aliphatic carbocycles. The van der Waals surface area contributed by atoms with E-state index in [-0.39, 0.29) is 24.2 Å². The highest BCUT2D eigenvalue weighted by Gasteiger charge is 2.31. The predicted octanol–water partition coefficient (Wildman–Crippen LogP) is 3.00. The first-order valence-corrected chi connectivity index (χ1v) is 7.41. The van der Waals surface area contributed by atoms with Crippen molar-refractivity contribution < 1.29 is 23.1 Å². The second-order valence-electron chi connectivity index (χ2n) is 5.44. The quantitative estimate of drug-likeness (QED) is 0.678. The van der Waals surface area contributed by atoms with Gasteiger partial charge in [-0.3, -0.25) is 9.89 Å². The van der Waals surface area contributed by atoms with E-state index in [1.54, 1.807) is 24.3 Å². The van der Waals surface area contributed by atoms with Gasteiger partial charge in [-0.15, -0.1) is 0 Å². The molecule has 0 spiro atoms. The summed E-state index contributed by atoms with van der Waals surface area (Å²) in [7, 11) is 0. The summed E-state index contributed by atoms with van der Waals surface area (Å²) in [6.45, 7) is -0.0464. The molecule has 3 N–H and O–H groups in total. The van der Waals surface area contributed by atoms with E-state index < -0.39 is 17.6 Å². The van der Waals surface area contributed by atoms with Crippen LogP contribution in [-0.2, 0) is 19.3 Å². The van der Waals surface area contributed by atoms with Crippen LogP contribution in [-0.4, -0.2) is 21.2 Å². The van der Waals surface area contributed by atoms with Gasteiger partial charge < -0.3 is 10.4 Å². The van der Waals surface area contributed by atoms with Crippen LogP contribution < -0.4 is 5.32 Å². The molecule has 0 saturated carbocycles. The van der Waals surface area contributed by atoms with Crippen molar-refractivity contribution in [3.8, 4) is 0 Å². The van der Waals surface area contributed by atoms with E-state index in [1.807, 2.05) is 0 Å². The van der Waals surface area contributed by atoms with Crippen molar-refractivity contribution in [1.29, 1.82) is 0 Å². The third kappa shape index (κ3) is 3.48. The number of nitrogens with one attached hydrogen (secondary N) is 2. The standard InChI is InChI=1S/C17H14F3N3O2/c18-17(19,20)12-5-6-14-13(7-12)15(23-22-14)16(25)21-8-10-3-1-2-4-11(10)9-24/h1-7,24H,8-9H2,(H,21,25)(H,22,23). The SMILES string of the molecule is O=C(NCc1ccccc1CO)c1n[nH]c2ccc(C(F)(F)F)cc12. The number of fused-ring (bicyclic) bond motifs is 1. The largest absolute Gasteiger partial charge is 0.416 e. The number of rotatable bonds is 4. The summed E-state index contributed by atoms with van der Waals surface area (Å²) in [6.07, 6.45) is -4.50. The number of H-pyrrole nitrogens is 1. The molecule has 0 bridgehead atoms. The van der Waals surface area contributed by atoms with Gasteiger partial charge in [-0.05, 0) is 29.3 Å². The fourth-order valence-corrected chi connectivity index (χ4v) is 2.51. The lowest BCUT2D eigenvalue weighted by Gasteiger charge is -2.09. The number of aromatic amines is 1. The summed E-state index contributed by atoms with van der Waals surface area (Å²) in [5, 5.41) is 18.4. The average Bonchev–Trinajstić information content (AvgIpc) is 3.02. The van der Waals surface area contributed by atoms with Crippen LogP contribution in [0.1, 0.15) is 27.2 Å². The van der Waals surface area contributed by atoms with Gasteiger partial charge in [0.15, 0.2) is 5.69 Å². The van der Waals surface area contributed by atoms with Crippen molar-refractivity contribution in [2.45, 2.75) is 19.3 Å². The maximum absolute atomic E-state index is 12.9. The number of benzene rings is 2. The molecule has 0 radical (unpaired) electrons. The average molecular weight is 349 g/mol. The molecule has 0 saturated heterocycles. The molecule has 0 aliphatic heterocycles. The first-order valence-electron chi connectivity index (χ1n) is 7.41. The number of hydrogen-bond acceptors (Lipinski definition) is 3. The topological polar surface area (TPSA) is 78.0 Å². The third-order valence-electron chi connectivity index (χ3n) is 3.83. The maximum Gasteiger partial charge on any atom is 0.416 e. The van der Waals surface area contributed by atoms with Crippen molar-refractivity contribution in [2.75, 3.05) is 0 Å². The molecular weight excluding hydrogens is 335 g/mol. The molecule has 1 heterocycles. The molecule has 2 aromatic carbocycles. The van der Waals surface area contributed by atoms with E-state index in [9.17, 15) is 23.1 Å². The van der Waals surface area contributed by atoms with Crippen molar-refractivity contribution in [3.63, 3.8) is 0 Å². The fourth-order valence-electron chi connectivity index (χ4n) is 2.51. The number of aliphatic hydroxyl groups excluding tert-OH is 1. The highest BCUT2D eigenvalue weighted by molar-refractivity contribution is 6.04. The van der Waals surface area contributed by atoms with Gasteiger partial charge >= 0.3 is 6.18 Å². The van der Waals surface area contributed by atoms with Crippen molar-refractivity contribution in [1.82, 2.24) is 15.5 Å². The molecule has 0 atom stereocenters. The van der Waals surface area contributed by atoms with Gasteiger partial charge in [0.05, 0.1) is 17.7 Å². The number of hydrogen-bond donors (Lipinski definition) is 3. The van der Waals surface area contributed by atoms with Crippen LogP contribution in [0.2, 0.25) is 0 Å². The number of amides is 1. The van der Waals surface area contributed by atoms with E-state index in [0.29, 0.717) is 16.6 Å². The van der Waals surface area contributed by atoms with E-state index >= 15 is 0 Å². The third-order valence-corrected chi connectivity index (χ3v) is 3.83. The lowest BCUT2D eigenvalue weighted by atomic mass is 10.1. The normalized spacial score (nSPS) is 11.7. The number of halogens is 3. The number of aliphatic hydroxyl groups is 1. The van der Waals surface area contributed by atoms with E-state index in [4.69, 9.17) is 0 Å². The summed E-state index contributed by atoms with van der Waals surface area (Å²) >= 11 is 0. The fraction of sp³-hybridized carbons (Fsp3) is 0.176. The Morgan fingerprint density at radius 3 is 2.56 bits per heavy atom. The van der Waals surface area contributed by atoms with Crippen LogP contribution in [0.4, 0.5) is 13.2 Å². The number of carbonyl (C=O) groups is 1. The van der Waals surface area contributed by atoms with Gasteiger partial charge in [0.25, 0.3) is 5.91 Å². The van der Waals surface area contributed by atoms with E-state index in [2.05, 4.69) is 15.5 Å². The minimum atomic E-state index is -4.50. The summed E-state index contributed by atoms with van der Waals surface area (Å²) < 4.78 is 38.6. The Balaban J connectivity index is 1.85. The molecule has 3 aromatic rings. The van der Waals surface area contributed by atoms with Gasteiger partial charge in [-0.25, -0.2) is 0 Å². The highest BCUT2D eigenvalue weighted by atomic mass is 19.4. The van der Waals surface area contributed by atoms with Crippen LogP contribution >= 0.6 is 0 Å². The zero-order chi connectivity index (χ0) is 18.0. The molecule has 1 amide bonds. The number of aromatic nitrogens is 2. The van der Waals surface area contributed by atoms with Crippen LogP contribution in [0.3, 0.4) is 0 Å². The summed E-state index contributed by atoms with van der Waals surface area (Å²) in [6, 6.07) is 10.1. The lowest BCUT2D eigenvalue weighted by Crippen LogP contribution is -2.24. The molecule has 0 aliphatic rings. The first-order chi connectivity index (χ1) is 11.9. The Hall–Kier alpha value is -2.87. The number of carbonyl (C=O) groups excluding carboxylic acids is 1. The van der Waals surface area contributed by atoms with Gasteiger partial charge in [0.1, 0.15) is 0 Å². The van der Waals surface area contributed by atoms with Crippen LogP contribution in [0, 0.1) is 0 Å². The Labute approximate surface area is 140 Å². The predicted molar refractivity (Wildman–Crippen MR) is 84.6 cm³/mol. The summed E-state index contributed by atoms with van der Waals surface area (Å²) in [4.78, 5) is 12.3. The molecule has 8 heteroatoms. The monoisotopic (exact) mass is 349 g/mol. The molecule has 5 nitrogen and oxygen atoms in total. The highest BCUT2D eigenvalue weighted by Crippen LogP contribution is 2.31. The molecule has 0 unspecified atom stereocenters. The van der Waals surface area contributed by atoms with Crippen LogP contribution in [0.15, 0.2) is 42.5 Å². The van der Waals surface area contributed by atoms with Crippen LogP contribution in [0.5, 0.6) is 0 Å². The molecule has 3 rings (SSSR count). The van der Waals surface area contributed by atoms with Gasteiger partial charge in [0, 0.05) is 11.9 Å². The summed E-state index contributed by atoms with van der Waals surface area (Å²) in [5.41, 5.74) is 0.765. The second-order valence-corrected chi connectivity index (χ2v) is 5.44. The Morgan fingerprint density at radius 2 is 1.88 bits per heavy atom. The zero-order valence-electron chi connectivity index (χ0n) is 12.9.